The fourth-order valence-electron chi connectivity index (χ4n) is 5.94. The summed E-state index contributed by atoms with van der Waals surface area (Å²) in [6.45, 7) is 0.871. The SMILES string of the molecule is COc1cc(-c2nn(C3CCC4(CC3)CO4)c3ncnc(N)c23)ccc1NC(=O)[C@H]1C[C@@H]1c1ccccc1. The largest absolute Gasteiger partial charge is 0.495 e. The van der Waals surface area contributed by atoms with Crippen molar-refractivity contribution in [2.75, 3.05) is 24.8 Å². The monoisotopic (exact) mass is 510 g/mol. The molecular weight excluding hydrogens is 480 g/mol. The van der Waals surface area contributed by atoms with E-state index in [0.717, 1.165) is 55.3 Å². The molecule has 0 bridgehead atoms. The lowest BCUT2D eigenvalue weighted by Crippen LogP contribution is -2.24. The molecule has 3 N–H and O–H groups in total. The van der Waals surface area contributed by atoms with E-state index in [1.165, 1.54) is 11.9 Å². The highest BCUT2D eigenvalue weighted by Gasteiger charge is 2.47. The summed E-state index contributed by atoms with van der Waals surface area (Å²) in [6, 6.07) is 16.1. The standard InChI is InChI=1S/C29H30N6O3/c1-37-23-13-18(7-8-22(23)33-28(36)21-14-20(21)17-5-3-2-4-6-17)25-24-26(30)31-16-32-27(24)35(34-25)19-9-11-29(12-10-19)15-38-29/h2-8,13,16,19-21H,9-12,14-15H2,1H3,(H,33,36)(H2,30,31,32)/t19?,20-,21+,29?/m1/s1. The third-order valence-electron chi connectivity index (χ3n) is 8.37. The molecule has 2 aromatic heterocycles. The molecular formula is C29H30N6O3. The van der Waals surface area contributed by atoms with Crippen LogP contribution in [0.25, 0.3) is 22.3 Å². The van der Waals surface area contributed by atoms with Crippen molar-refractivity contribution in [3.63, 3.8) is 0 Å². The summed E-state index contributed by atoms with van der Waals surface area (Å²) in [5.74, 6) is 1.20. The molecule has 38 heavy (non-hydrogen) atoms. The summed E-state index contributed by atoms with van der Waals surface area (Å²) in [4.78, 5) is 21.8. The molecule has 0 unspecified atom stereocenters. The van der Waals surface area contributed by atoms with E-state index in [0.29, 0.717) is 22.9 Å². The van der Waals surface area contributed by atoms with Crippen LogP contribution in [-0.2, 0) is 9.53 Å². The number of nitrogen functional groups attached to an aromatic ring is 1. The van der Waals surface area contributed by atoms with E-state index >= 15 is 0 Å². The maximum atomic E-state index is 13.0. The quantitative estimate of drug-likeness (QED) is 0.360. The van der Waals surface area contributed by atoms with E-state index in [2.05, 4.69) is 27.4 Å². The maximum absolute atomic E-state index is 13.0. The van der Waals surface area contributed by atoms with Gasteiger partial charge in [0.25, 0.3) is 0 Å². The summed E-state index contributed by atoms with van der Waals surface area (Å²) >= 11 is 0. The third-order valence-corrected chi connectivity index (χ3v) is 8.37. The first kappa shape index (κ1) is 23.2. The Kier molecular flexibility index (Phi) is 5.36. The number of anilines is 2. The number of hydrogen-bond donors (Lipinski definition) is 2. The van der Waals surface area contributed by atoms with Crippen molar-refractivity contribution in [3.05, 3.63) is 60.4 Å². The number of ether oxygens (including phenoxy) is 2. The number of aromatic nitrogens is 4. The molecule has 3 heterocycles. The highest BCUT2D eigenvalue weighted by Crippen LogP contribution is 2.49. The van der Waals surface area contributed by atoms with Crippen molar-refractivity contribution in [1.29, 1.82) is 0 Å². The van der Waals surface area contributed by atoms with E-state index in [-0.39, 0.29) is 29.4 Å². The van der Waals surface area contributed by atoms with Crippen LogP contribution in [0.4, 0.5) is 11.5 Å². The van der Waals surface area contributed by atoms with Crippen LogP contribution < -0.4 is 15.8 Å². The molecule has 2 aliphatic carbocycles. The summed E-state index contributed by atoms with van der Waals surface area (Å²) in [5, 5.41) is 8.81. The Labute approximate surface area is 220 Å². The van der Waals surface area contributed by atoms with Gasteiger partial charge in [0.05, 0.1) is 36.4 Å². The van der Waals surface area contributed by atoms with Crippen LogP contribution in [0.1, 0.15) is 49.6 Å². The summed E-state index contributed by atoms with van der Waals surface area (Å²) in [5.41, 5.74) is 10.6. The fourth-order valence-corrected chi connectivity index (χ4v) is 5.94. The van der Waals surface area contributed by atoms with Crippen LogP contribution in [0.5, 0.6) is 5.75 Å². The van der Waals surface area contributed by atoms with Crippen molar-refractivity contribution < 1.29 is 14.3 Å². The van der Waals surface area contributed by atoms with Gasteiger partial charge >= 0.3 is 0 Å². The Balaban J connectivity index is 1.17. The molecule has 1 aliphatic heterocycles. The van der Waals surface area contributed by atoms with Gasteiger partial charge in [-0.2, -0.15) is 5.10 Å². The van der Waals surface area contributed by atoms with E-state index in [1.807, 2.05) is 41.1 Å². The molecule has 1 saturated heterocycles. The van der Waals surface area contributed by atoms with Crippen molar-refractivity contribution >= 4 is 28.4 Å². The lowest BCUT2D eigenvalue weighted by molar-refractivity contribution is -0.117. The van der Waals surface area contributed by atoms with Gasteiger partial charge in [0, 0.05) is 11.5 Å². The number of carbonyl (C=O) groups excluding carboxylic acids is 1. The lowest BCUT2D eigenvalue weighted by atomic mass is 9.86. The van der Waals surface area contributed by atoms with Crippen molar-refractivity contribution in [3.8, 4) is 17.0 Å². The van der Waals surface area contributed by atoms with Gasteiger partial charge in [0.2, 0.25) is 5.91 Å². The molecule has 9 heteroatoms. The molecule has 194 valence electrons. The number of fused-ring (bicyclic) bond motifs is 1. The first-order valence-electron chi connectivity index (χ1n) is 13.2. The molecule has 2 aromatic carbocycles. The number of amides is 1. The van der Waals surface area contributed by atoms with Crippen LogP contribution in [0.3, 0.4) is 0 Å². The Morgan fingerprint density at radius 1 is 1.16 bits per heavy atom. The van der Waals surface area contributed by atoms with Gasteiger partial charge in [0.15, 0.2) is 5.65 Å². The summed E-state index contributed by atoms with van der Waals surface area (Å²) in [7, 11) is 1.60. The van der Waals surface area contributed by atoms with Crippen molar-refractivity contribution in [1.82, 2.24) is 19.7 Å². The molecule has 7 rings (SSSR count). The maximum Gasteiger partial charge on any atom is 0.228 e. The number of methoxy groups -OCH3 is 1. The minimum atomic E-state index is -0.0333. The van der Waals surface area contributed by atoms with Gasteiger partial charge in [-0.3, -0.25) is 4.79 Å². The van der Waals surface area contributed by atoms with Crippen LogP contribution in [0, 0.1) is 5.92 Å². The average Bonchev–Trinajstić information content (AvgIpc) is 3.87. The molecule has 0 radical (unpaired) electrons. The van der Waals surface area contributed by atoms with Crippen LogP contribution in [0.15, 0.2) is 54.9 Å². The molecule has 3 aliphatic rings. The zero-order chi connectivity index (χ0) is 25.9. The number of carbonyl (C=O) groups is 1. The third kappa shape index (κ3) is 3.98. The Bertz CT molecular complexity index is 1520. The highest BCUT2D eigenvalue weighted by atomic mass is 16.6. The van der Waals surface area contributed by atoms with Crippen LogP contribution >= 0.6 is 0 Å². The summed E-state index contributed by atoms with van der Waals surface area (Å²) < 4.78 is 13.4. The first-order valence-corrected chi connectivity index (χ1v) is 13.2. The van der Waals surface area contributed by atoms with Crippen LogP contribution in [0.2, 0.25) is 0 Å². The van der Waals surface area contributed by atoms with Gasteiger partial charge in [-0.05, 0) is 55.7 Å². The molecule has 1 spiro atoms. The second-order valence-electron chi connectivity index (χ2n) is 10.7. The molecule has 3 fully saturated rings. The van der Waals surface area contributed by atoms with E-state index in [9.17, 15) is 4.79 Å². The zero-order valence-electron chi connectivity index (χ0n) is 21.3. The summed E-state index contributed by atoms with van der Waals surface area (Å²) in [6.07, 6.45) is 6.38. The number of nitrogens with zero attached hydrogens (tertiary/aromatic N) is 4. The predicted molar refractivity (Wildman–Crippen MR) is 144 cm³/mol. The number of nitrogens with two attached hydrogens (primary N) is 1. The second kappa shape index (κ2) is 8.80. The molecule has 4 aromatic rings. The number of nitrogens with one attached hydrogen (secondary N) is 1. The van der Waals surface area contributed by atoms with Crippen molar-refractivity contribution in [2.24, 2.45) is 5.92 Å². The first-order chi connectivity index (χ1) is 18.5. The average molecular weight is 511 g/mol. The minimum absolute atomic E-state index is 0.00647. The predicted octanol–water partition coefficient (Wildman–Crippen LogP) is 4.71. The highest BCUT2D eigenvalue weighted by molar-refractivity contribution is 6.00. The van der Waals surface area contributed by atoms with Gasteiger partial charge in [0.1, 0.15) is 23.6 Å². The van der Waals surface area contributed by atoms with Gasteiger partial charge < -0.3 is 20.5 Å². The molecule has 9 nitrogen and oxygen atoms in total. The minimum Gasteiger partial charge on any atom is -0.495 e. The Morgan fingerprint density at radius 2 is 1.95 bits per heavy atom. The van der Waals surface area contributed by atoms with E-state index < -0.39 is 0 Å². The number of hydrogen-bond acceptors (Lipinski definition) is 7. The smallest absolute Gasteiger partial charge is 0.228 e. The van der Waals surface area contributed by atoms with E-state index in [4.69, 9.17) is 20.3 Å². The topological polar surface area (TPSA) is 120 Å². The fraction of sp³-hybridized carbons (Fsp3) is 0.379. The van der Waals surface area contributed by atoms with Gasteiger partial charge in [-0.25, -0.2) is 14.6 Å². The normalized spacial score (nSPS) is 25.9. The Hall–Kier alpha value is -3.98. The van der Waals surface area contributed by atoms with Gasteiger partial charge in [-0.1, -0.05) is 36.4 Å². The van der Waals surface area contributed by atoms with Gasteiger partial charge in [-0.15, -0.1) is 0 Å². The molecule has 1 amide bonds. The second-order valence-corrected chi connectivity index (χ2v) is 10.7. The van der Waals surface area contributed by atoms with E-state index in [1.54, 1.807) is 7.11 Å². The lowest BCUT2D eigenvalue weighted by Gasteiger charge is -2.26. The van der Waals surface area contributed by atoms with Crippen LogP contribution in [-0.4, -0.2) is 45.0 Å². The zero-order valence-corrected chi connectivity index (χ0v) is 21.3. The number of rotatable bonds is 6. The molecule has 2 atom stereocenters. The Morgan fingerprint density at radius 3 is 2.68 bits per heavy atom. The molecule has 2 saturated carbocycles. The number of epoxide rings is 1. The van der Waals surface area contributed by atoms with Crippen molar-refractivity contribution in [2.45, 2.75) is 49.7 Å². The number of benzene rings is 2.